The van der Waals surface area contributed by atoms with E-state index in [1.807, 2.05) is 49.4 Å². The van der Waals surface area contributed by atoms with Crippen molar-refractivity contribution in [3.63, 3.8) is 0 Å². The zero-order chi connectivity index (χ0) is 24.5. The van der Waals surface area contributed by atoms with E-state index in [1.165, 1.54) is 0 Å². The molecule has 6 nitrogen and oxygen atoms in total. The summed E-state index contributed by atoms with van der Waals surface area (Å²) in [4.78, 5) is 28.4. The van der Waals surface area contributed by atoms with Gasteiger partial charge in [-0.1, -0.05) is 55.6 Å². The molecule has 0 radical (unpaired) electrons. The number of rotatable bonds is 11. The Bertz CT molecular complexity index is 975. The molecule has 1 atom stereocenters. The van der Waals surface area contributed by atoms with Crippen molar-refractivity contribution in [3.05, 3.63) is 58.6 Å². The Hall–Kier alpha value is -2.73. The Morgan fingerprint density at radius 3 is 2.44 bits per heavy atom. The van der Waals surface area contributed by atoms with E-state index in [1.54, 1.807) is 19.1 Å². The molecule has 7 heteroatoms. The molecular formula is C27H35ClN2O4. The Morgan fingerprint density at radius 2 is 1.79 bits per heavy atom. The fourth-order valence-corrected chi connectivity index (χ4v) is 4.72. The predicted octanol–water partition coefficient (Wildman–Crippen LogP) is 5.16. The predicted molar refractivity (Wildman–Crippen MR) is 134 cm³/mol. The molecule has 184 valence electrons. The van der Waals surface area contributed by atoms with Gasteiger partial charge in [0.05, 0.1) is 14.2 Å². The number of benzene rings is 2. The normalized spacial score (nSPS) is 14.5. The van der Waals surface area contributed by atoms with Crippen molar-refractivity contribution in [2.45, 2.75) is 70.5 Å². The van der Waals surface area contributed by atoms with Crippen LogP contribution in [0.4, 0.5) is 0 Å². The molecule has 0 bridgehead atoms. The number of nitrogens with one attached hydrogen (secondary N) is 1. The minimum Gasteiger partial charge on any atom is -0.493 e. The first-order valence-electron chi connectivity index (χ1n) is 12.0. The molecule has 3 rings (SSSR count). The average molecular weight is 487 g/mol. The van der Waals surface area contributed by atoms with Crippen LogP contribution in [0.2, 0.25) is 5.02 Å². The topological polar surface area (TPSA) is 67.9 Å². The van der Waals surface area contributed by atoms with Crippen LogP contribution in [0.3, 0.4) is 0 Å². The molecule has 1 saturated carbocycles. The fraction of sp³-hybridized carbons (Fsp3) is 0.481. The lowest BCUT2D eigenvalue weighted by molar-refractivity contribution is -0.141. The number of hydrogen-bond donors (Lipinski definition) is 1. The molecule has 0 spiro atoms. The molecule has 1 aliphatic rings. The SMILES string of the molecule is CC[C@H](C(=O)NC1CCCC1)N(Cc1ccccc1Cl)C(=O)CCc1ccc(OC)c(OC)c1. The summed E-state index contributed by atoms with van der Waals surface area (Å²) in [5.74, 6) is 1.11. The lowest BCUT2D eigenvalue weighted by atomic mass is 10.0. The minimum absolute atomic E-state index is 0.0804. The third kappa shape index (κ3) is 6.66. The molecule has 34 heavy (non-hydrogen) atoms. The number of carbonyl (C=O) groups excluding carboxylic acids is 2. The number of ether oxygens (including phenoxy) is 2. The van der Waals surface area contributed by atoms with E-state index < -0.39 is 6.04 Å². The Labute approximate surface area is 207 Å². The van der Waals surface area contributed by atoms with Gasteiger partial charge in [-0.25, -0.2) is 0 Å². The molecule has 0 aromatic heterocycles. The van der Waals surface area contributed by atoms with Crippen LogP contribution in [0.1, 0.15) is 56.6 Å². The summed E-state index contributed by atoms with van der Waals surface area (Å²) in [5.41, 5.74) is 1.79. The highest BCUT2D eigenvalue weighted by Gasteiger charge is 2.30. The lowest BCUT2D eigenvalue weighted by Gasteiger charge is -2.32. The molecule has 1 N–H and O–H groups in total. The summed E-state index contributed by atoms with van der Waals surface area (Å²) in [6, 6.07) is 12.8. The van der Waals surface area contributed by atoms with Gasteiger partial charge >= 0.3 is 0 Å². The quantitative estimate of drug-likeness (QED) is 0.476. The van der Waals surface area contributed by atoms with Crippen LogP contribution in [-0.4, -0.2) is 43.0 Å². The molecule has 2 amide bonds. The zero-order valence-corrected chi connectivity index (χ0v) is 21.1. The van der Waals surface area contributed by atoms with Crippen molar-refractivity contribution >= 4 is 23.4 Å². The van der Waals surface area contributed by atoms with Gasteiger partial charge in [0.1, 0.15) is 6.04 Å². The fourth-order valence-electron chi connectivity index (χ4n) is 4.53. The van der Waals surface area contributed by atoms with Crippen LogP contribution in [-0.2, 0) is 22.6 Å². The van der Waals surface area contributed by atoms with E-state index in [0.717, 1.165) is 36.8 Å². The Morgan fingerprint density at radius 1 is 1.09 bits per heavy atom. The highest BCUT2D eigenvalue weighted by Crippen LogP contribution is 2.28. The molecular weight excluding hydrogens is 452 g/mol. The van der Waals surface area contributed by atoms with Crippen molar-refractivity contribution in [1.82, 2.24) is 10.2 Å². The molecule has 0 saturated heterocycles. The number of carbonyl (C=O) groups is 2. The number of nitrogens with zero attached hydrogens (tertiary/aromatic N) is 1. The second kappa shape index (κ2) is 12.7. The summed E-state index contributed by atoms with van der Waals surface area (Å²) in [5, 5.41) is 3.76. The zero-order valence-electron chi connectivity index (χ0n) is 20.3. The maximum atomic E-state index is 13.5. The molecule has 2 aromatic carbocycles. The molecule has 0 heterocycles. The minimum atomic E-state index is -0.547. The second-order valence-corrected chi connectivity index (χ2v) is 9.12. The van der Waals surface area contributed by atoms with Gasteiger partial charge in [0, 0.05) is 24.0 Å². The lowest BCUT2D eigenvalue weighted by Crippen LogP contribution is -2.51. The van der Waals surface area contributed by atoms with Crippen molar-refractivity contribution in [2.75, 3.05) is 14.2 Å². The maximum absolute atomic E-state index is 13.5. The average Bonchev–Trinajstić information content (AvgIpc) is 3.36. The van der Waals surface area contributed by atoms with Crippen LogP contribution in [0.25, 0.3) is 0 Å². The van der Waals surface area contributed by atoms with E-state index in [0.29, 0.717) is 35.9 Å². The van der Waals surface area contributed by atoms with Crippen LogP contribution in [0.15, 0.2) is 42.5 Å². The van der Waals surface area contributed by atoms with E-state index >= 15 is 0 Å². The summed E-state index contributed by atoms with van der Waals surface area (Å²) in [6.07, 6.45) is 5.60. The van der Waals surface area contributed by atoms with Gasteiger partial charge in [-0.05, 0) is 55.0 Å². The first-order chi connectivity index (χ1) is 16.5. The third-order valence-electron chi connectivity index (χ3n) is 6.46. The number of hydrogen-bond acceptors (Lipinski definition) is 4. The van der Waals surface area contributed by atoms with Gasteiger partial charge in [-0.3, -0.25) is 9.59 Å². The van der Waals surface area contributed by atoms with Crippen LogP contribution in [0.5, 0.6) is 11.5 Å². The first-order valence-corrected chi connectivity index (χ1v) is 12.4. The van der Waals surface area contributed by atoms with Crippen LogP contribution < -0.4 is 14.8 Å². The molecule has 1 fully saturated rings. The highest BCUT2D eigenvalue weighted by molar-refractivity contribution is 6.31. The van der Waals surface area contributed by atoms with E-state index in [2.05, 4.69) is 5.32 Å². The largest absolute Gasteiger partial charge is 0.493 e. The van der Waals surface area contributed by atoms with Gasteiger partial charge in [0.2, 0.25) is 11.8 Å². The maximum Gasteiger partial charge on any atom is 0.243 e. The van der Waals surface area contributed by atoms with Gasteiger partial charge in [0.25, 0.3) is 0 Å². The standard InChI is InChI=1S/C27H35ClN2O4/c1-4-23(27(32)29-21-10-6-7-11-21)30(18-20-9-5-8-12-22(20)28)26(31)16-14-19-13-15-24(33-2)25(17-19)34-3/h5,8-9,12-13,15,17,21,23H,4,6-7,10-11,14,16,18H2,1-3H3,(H,29,32)/t23-/m1/s1. The highest BCUT2D eigenvalue weighted by atomic mass is 35.5. The van der Waals surface area contributed by atoms with Gasteiger partial charge in [-0.2, -0.15) is 0 Å². The van der Waals surface area contributed by atoms with Crippen LogP contribution >= 0.6 is 11.6 Å². The second-order valence-electron chi connectivity index (χ2n) is 8.72. The van der Waals surface area contributed by atoms with Crippen molar-refractivity contribution in [1.29, 1.82) is 0 Å². The van der Waals surface area contributed by atoms with Gasteiger partial charge < -0.3 is 19.7 Å². The third-order valence-corrected chi connectivity index (χ3v) is 6.83. The Kier molecular flexibility index (Phi) is 9.63. The molecule has 0 aliphatic heterocycles. The number of methoxy groups -OCH3 is 2. The summed E-state index contributed by atoms with van der Waals surface area (Å²) >= 11 is 6.41. The summed E-state index contributed by atoms with van der Waals surface area (Å²) in [6.45, 7) is 2.24. The van der Waals surface area contributed by atoms with Crippen LogP contribution in [0, 0.1) is 0 Å². The molecule has 1 aliphatic carbocycles. The molecule has 2 aromatic rings. The van der Waals surface area contributed by atoms with Gasteiger partial charge in [0.15, 0.2) is 11.5 Å². The van der Waals surface area contributed by atoms with E-state index in [9.17, 15) is 9.59 Å². The Balaban J connectivity index is 1.78. The van der Waals surface area contributed by atoms with Crippen molar-refractivity contribution in [2.24, 2.45) is 0 Å². The summed E-state index contributed by atoms with van der Waals surface area (Å²) < 4.78 is 10.7. The number of amides is 2. The summed E-state index contributed by atoms with van der Waals surface area (Å²) in [7, 11) is 3.18. The molecule has 0 unspecified atom stereocenters. The van der Waals surface area contributed by atoms with E-state index in [-0.39, 0.29) is 24.3 Å². The first kappa shape index (κ1) is 25.9. The van der Waals surface area contributed by atoms with Crippen molar-refractivity contribution < 1.29 is 19.1 Å². The monoisotopic (exact) mass is 486 g/mol. The number of halogens is 1. The number of aryl methyl sites for hydroxylation is 1. The smallest absolute Gasteiger partial charge is 0.243 e. The van der Waals surface area contributed by atoms with Gasteiger partial charge in [-0.15, -0.1) is 0 Å². The van der Waals surface area contributed by atoms with E-state index in [4.69, 9.17) is 21.1 Å². The van der Waals surface area contributed by atoms with Crippen molar-refractivity contribution in [3.8, 4) is 11.5 Å².